The minimum Gasteiger partial charge on any atom is -0.314 e. The van der Waals surface area contributed by atoms with Crippen molar-refractivity contribution < 1.29 is 0 Å². The molecule has 2 nitrogen and oxygen atoms in total. The summed E-state index contributed by atoms with van der Waals surface area (Å²) >= 11 is 0. The second-order valence-corrected chi connectivity index (χ2v) is 5.32. The molecule has 2 saturated heterocycles. The fourth-order valence-corrected chi connectivity index (χ4v) is 2.98. The third kappa shape index (κ3) is 3.46. The van der Waals surface area contributed by atoms with E-state index in [1.807, 2.05) is 0 Å². The third-order valence-electron chi connectivity index (χ3n) is 4.12. The van der Waals surface area contributed by atoms with Crippen LogP contribution >= 0.6 is 0 Å². The van der Waals surface area contributed by atoms with Gasteiger partial charge >= 0.3 is 0 Å². The maximum Gasteiger partial charge on any atom is 0.00792 e. The molecule has 2 aliphatic rings. The summed E-state index contributed by atoms with van der Waals surface area (Å²) in [4.78, 5) is 2.69. The number of piperidine rings is 2. The molecule has 2 fully saturated rings. The van der Waals surface area contributed by atoms with E-state index in [9.17, 15) is 0 Å². The zero-order valence-corrected chi connectivity index (χ0v) is 10.2. The molecule has 2 heteroatoms. The van der Waals surface area contributed by atoms with Crippen molar-refractivity contribution in [2.24, 2.45) is 0 Å². The van der Waals surface area contributed by atoms with Crippen LogP contribution in [0.3, 0.4) is 0 Å². The van der Waals surface area contributed by atoms with Crippen LogP contribution in [0.25, 0.3) is 0 Å². The van der Waals surface area contributed by atoms with Crippen molar-refractivity contribution in [3.8, 4) is 0 Å². The second-order valence-electron chi connectivity index (χ2n) is 5.32. The van der Waals surface area contributed by atoms with Crippen LogP contribution in [0, 0.1) is 0 Å². The van der Waals surface area contributed by atoms with E-state index >= 15 is 0 Å². The van der Waals surface area contributed by atoms with Crippen LogP contribution in [-0.2, 0) is 0 Å². The molecule has 0 bridgehead atoms. The Morgan fingerprint density at radius 3 is 2.73 bits per heavy atom. The zero-order chi connectivity index (χ0) is 10.5. The number of hydrogen-bond acceptors (Lipinski definition) is 2. The molecule has 0 aromatic carbocycles. The first-order valence-corrected chi connectivity index (χ1v) is 6.83. The lowest BCUT2D eigenvalue weighted by molar-refractivity contribution is 0.150. The van der Waals surface area contributed by atoms with Crippen molar-refractivity contribution in [2.75, 3.05) is 19.6 Å². The van der Waals surface area contributed by atoms with Gasteiger partial charge in [0.1, 0.15) is 0 Å². The molecule has 88 valence electrons. The summed E-state index contributed by atoms with van der Waals surface area (Å²) in [5.41, 5.74) is 0. The zero-order valence-electron chi connectivity index (χ0n) is 10.2. The Morgan fingerprint density at radius 2 is 2.00 bits per heavy atom. The van der Waals surface area contributed by atoms with Gasteiger partial charge in [-0.05, 0) is 58.7 Å². The molecule has 2 heterocycles. The highest BCUT2D eigenvalue weighted by Gasteiger charge is 2.19. The summed E-state index contributed by atoms with van der Waals surface area (Å²) in [6.45, 7) is 6.31. The van der Waals surface area contributed by atoms with Gasteiger partial charge in [-0.3, -0.25) is 0 Å². The molecular weight excluding hydrogens is 184 g/mol. The molecule has 0 aliphatic carbocycles. The molecule has 0 radical (unpaired) electrons. The Morgan fingerprint density at radius 1 is 1.13 bits per heavy atom. The maximum absolute atomic E-state index is 3.65. The Balaban J connectivity index is 1.67. The number of likely N-dealkylation sites (tertiary alicyclic amines) is 1. The maximum atomic E-state index is 3.65. The van der Waals surface area contributed by atoms with Gasteiger partial charge in [0.05, 0.1) is 0 Å². The van der Waals surface area contributed by atoms with Crippen LogP contribution in [0.4, 0.5) is 0 Å². The standard InChI is InChI=1S/C13H26N2/c1-12-6-3-5-10-15(12)11-8-13-7-2-4-9-14-13/h12-14H,2-11H2,1H3/t12-,13-/m0/s1. The van der Waals surface area contributed by atoms with Gasteiger partial charge in [-0.1, -0.05) is 12.8 Å². The Hall–Kier alpha value is -0.0800. The highest BCUT2D eigenvalue weighted by molar-refractivity contribution is 4.77. The molecule has 0 amide bonds. The fraction of sp³-hybridized carbons (Fsp3) is 1.00. The predicted molar refractivity (Wildman–Crippen MR) is 65.1 cm³/mol. The van der Waals surface area contributed by atoms with Crippen molar-refractivity contribution in [3.05, 3.63) is 0 Å². The summed E-state index contributed by atoms with van der Waals surface area (Å²) < 4.78 is 0. The average Bonchev–Trinajstić information content (AvgIpc) is 2.29. The molecule has 2 aliphatic heterocycles. The van der Waals surface area contributed by atoms with Gasteiger partial charge in [-0.15, -0.1) is 0 Å². The topological polar surface area (TPSA) is 15.3 Å². The van der Waals surface area contributed by atoms with Crippen molar-refractivity contribution in [3.63, 3.8) is 0 Å². The quantitative estimate of drug-likeness (QED) is 0.769. The predicted octanol–water partition coefficient (Wildman–Crippen LogP) is 2.39. The van der Waals surface area contributed by atoms with Crippen LogP contribution in [-0.4, -0.2) is 36.6 Å². The summed E-state index contributed by atoms with van der Waals surface area (Å²) in [5, 5.41) is 3.65. The van der Waals surface area contributed by atoms with E-state index in [0.717, 1.165) is 12.1 Å². The van der Waals surface area contributed by atoms with Gasteiger partial charge < -0.3 is 10.2 Å². The van der Waals surface area contributed by atoms with Gasteiger partial charge in [0.2, 0.25) is 0 Å². The van der Waals surface area contributed by atoms with E-state index in [1.165, 1.54) is 64.6 Å². The minimum atomic E-state index is 0.813. The number of rotatable bonds is 3. The lowest BCUT2D eigenvalue weighted by Gasteiger charge is -2.35. The van der Waals surface area contributed by atoms with Crippen molar-refractivity contribution >= 4 is 0 Å². The minimum absolute atomic E-state index is 0.813. The Kier molecular flexibility index (Phi) is 4.45. The molecule has 0 unspecified atom stereocenters. The largest absolute Gasteiger partial charge is 0.314 e. The average molecular weight is 210 g/mol. The first kappa shape index (κ1) is 11.4. The molecule has 0 spiro atoms. The number of nitrogens with zero attached hydrogens (tertiary/aromatic N) is 1. The van der Waals surface area contributed by atoms with Gasteiger partial charge in [-0.2, -0.15) is 0 Å². The van der Waals surface area contributed by atoms with Crippen molar-refractivity contribution in [2.45, 2.75) is 64.0 Å². The molecule has 1 N–H and O–H groups in total. The van der Waals surface area contributed by atoms with Crippen LogP contribution in [0.1, 0.15) is 51.9 Å². The second kappa shape index (κ2) is 5.86. The number of nitrogens with one attached hydrogen (secondary N) is 1. The lowest BCUT2D eigenvalue weighted by atomic mass is 9.99. The van der Waals surface area contributed by atoms with Gasteiger partial charge in [0.25, 0.3) is 0 Å². The lowest BCUT2D eigenvalue weighted by Crippen LogP contribution is -2.42. The SMILES string of the molecule is C[C@H]1CCCCN1CC[C@@H]1CCCCN1. The van der Waals surface area contributed by atoms with Gasteiger partial charge in [0.15, 0.2) is 0 Å². The summed E-state index contributed by atoms with van der Waals surface area (Å²) in [6.07, 6.45) is 9.87. The fourth-order valence-electron chi connectivity index (χ4n) is 2.98. The molecule has 2 atom stereocenters. The normalized spacial score (nSPS) is 34.2. The summed E-state index contributed by atoms with van der Waals surface area (Å²) in [6, 6.07) is 1.65. The molecule has 0 aromatic heterocycles. The first-order chi connectivity index (χ1) is 7.36. The smallest absolute Gasteiger partial charge is 0.00792 e. The van der Waals surface area contributed by atoms with Crippen LogP contribution in [0.2, 0.25) is 0 Å². The third-order valence-corrected chi connectivity index (χ3v) is 4.12. The Bertz CT molecular complexity index is 175. The molecule has 15 heavy (non-hydrogen) atoms. The van der Waals surface area contributed by atoms with E-state index in [4.69, 9.17) is 0 Å². The number of hydrogen-bond donors (Lipinski definition) is 1. The summed E-state index contributed by atoms with van der Waals surface area (Å²) in [5.74, 6) is 0. The van der Waals surface area contributed by atoms with Gasteiger partial charge in [0, 0.05) is 12.1 Å². The van der Waals surface area contributed by atoms with Crippen molar-refractivity contribution in [1.82, 2.24) is 10.2 Å². The van der Waals surface area contributed by atoms with E-state index in [0.29, 0.717) is 0 Å². The van der Waals surface area contributed by atoms with E-state index in [1.54, 1.807) is 0 Å². The van der Waals surface area contributed by atoms with E-state index < -0.39 is 0 Å². The van der Waals surface area contributed by atoms with Crippen LogP contribution in [0.15, 0.2) is 0 Å². The molecule has 0 aromatic rings. The van der Waals surface area contributed by atoms with E-state index in [2.05, 4.69) is 17.1 Å². The molecule has 2 rings (SSSR count). The monoisotopic (exact) mass is 210 g/mol. The Labute approximate surface area is 94.4 Å². The molecular formula is C13H26N2. The summed E-state index contributed by atoms with van der Waals surface area (Å²) in [7, 11) is 0. The van der Waals surface area contributed by atoms with Gasteiger partial charge in [-0.25, -0.2) is 0 Å². The molecule has 0 saturated carbocycles. The van der Waals surface area contributed by atoms with E-state index in [-0.39, 0.29) is 0 Å². The highest BCUT2D eigenvalue weighted by atomic mass is 15.2. The first-order valence-electron chi connectivity index (χ1n) is 6.83. The highest BCUT2D eigenvalue weighted by Crippen LogP contribution is 2.18. The van der Waals surface area contributed by atoms with Crippen molar-refractivity contribution in [1.29, 1.82) is 0 Å². The van der Waals surface area contributed by atoms with Crippen LogP contribution < -0.4 is 5.32 Å². The van der Waals surface area contributed by atoms with Crippen LogP contribution in [0.5, 0.6) is 0 Å².